The first-order valence-electron chi connectivity index (χ1n) is 11.7. The van der Waals surface area contributed by atoms with Crippen LogP contribution in [0.3, 0.4) is 0 Å². The number of rotatable bonds is 0. The van der Waals surface area contributed by atoms with E-state index >= 15 is 0 Å². The highest BCUT2D eigenvalue weighted by Crippen LogP contribution is 2.72. The van der Waals surface area contributed by atoms with E-state index in [1.54, 1.807) is 0 Å². The van der Waals surface area contributed by atoms with Crippen molar-refractivity contribution in [1.82, 2.24) is 0 Å². The Bertz CT molecular complexity index is 639. The smallest absolute Gasteiger partial charge is 0.174 e. The highest BCUT2D eigenvalue weighted by atomic mass is 16.7. The normalized spacial score (nSPS) is 53.9. The van der Waals surface area contributed by atoms with Gasteiger partial charge in [0.05, 0.1) is 32.5 Å². The standard InChI is InChI=1S/C23H36O5/c1-20-6-3-16(24)13-15(20)14-22(25-9-10-26-22)19-17(20)4-7-21(2)18(19)5-8-23(21)27-11-12-28-23/h15-19,24H,3-14H2,1-2H3/t15-,16+,17?,18?,19?,20+,21+/m1/s1. The molecule has 2 saturated heterocycles. The lowest BCUT2D eigenvalue weighted by Gasteiger charge is -2.65. The highest BCUT2D eigenvalue weighted by Gasteiger charge is 2.72. The molecule has 4 saturated carbocycles. The molecule has 2 heterocycles. The molecule has 0 aromatic carbocycles. The Balaban J connectivity index is 1.43. The molecule has 0 bridgehead atoms. The van der Waals surface area contributed by atoms with E-state index in [2.05, 4.69) is 13.8 Å². The van der Waals surface area contributed by atoms with Gasteiger partial charge in [0.2, 0.25) is 0 Å². The first-order valence-corrected chi connectivity index (χ1v) is 11.7. The molecule has 28 heavy (non-hydrogen) atoms. The lowest BCUT2D eigenvalue weighted by molar-refractivity contribution is -0.317. The summed E-state index contributed by atoms with van der Waals surface area (Å²) in [6, 6.07) is 0. The van der Waals surface area contributed by atoms with E-state index in [-0.39, 0.29) is 17.3 Å². The maximum absolute atomic E-state index is 10.4. The molecule has 5 heteroatoms. The third-order valence-corrected chi connectivity index (χ3v) is 10.2. The third kappa shape index (κ3) is 2.16. The van der Waals surface area contributed by atoms with Gasteiger partial charge in [0, 0.05) is 24.2 Å². The van der Waals surface area contributed by atoms with Gasteiger partial charge in [0.15, 0.2) is 11.6 Å². The van der Waals surface area contributed by atoms with Crippen LogP contribution in [0.25, 0.3) is 0 Å². The average Bonchev–Trinajstić information content (AvgIpc) is 3.39. The SMILES string of the molecule is C[C@]12CCC3C(C1CCC21OCCO1)C1(C[C@H]2C[C@@H](O)CC[C@]32C)OCCO1. The lowest BCUT2D eigenvalue weighted by Crippen LogP contribution is -2.65. The van der Waals surface area contributed by atoms with E-state index in [1.165, 1.54) is 12.8 Å². The predicted molar refractivity (Wildman–Crippen MR) is 102 cm³/mol. The molecule has 3 unspecified atom stereocenters. The van der Waals surface area contributed by atoms with Gasteiger partial charge in [0.1, 0.15) is 0 Å². The third-order valence-electron chi connectivity index (χ3n) is 10.2. The summed E-state index contributed by atoms with van der Waals surface area (Å²) in [7, 11) is 0. The molecular weight excluding hydrogens is 356 g/mol. The van der Waals surface area contributed by atoms with Gasteiger partial charge in [-0.1, -0.05) is 13.8 Å². The Morgan fingerprint density at radius 2 is 1.46 bits per heavy atom. The number of aliphatic hydroxyl groups is 1. The van der Waals surface area contributed by atoms with E-state index in [0.717, 1.165) is 51.7 Å². The molecule has 6 fully saturated rings. The average molecular weight is 393 g/mol. The van der Waals surface area contributed by atoms with Gasteiger partial charge in [-0.25, -0.2) is 0 Å². The topological polar surface area (TPSA) is 57.2 Å². The van der Waals surface area contributed by atoms with Crippen LogP contribution in [0.1, 0.15) is 65.2 Å². The summed E-state index contributed by atoms with van der Waals surface area (Å²) in [5.74, 6) is 1.19. The van der Waals surface area contributed by atoms with Crippen molar-refractivity contribution in [2.24, 2.45) is 34.5 Å². The number of hydrogen-bond acceptors (Lipinski definition) is 5. The molecule has 4 aliphatic carbocycles. The Hall–Kier alpha value is -0.200. The van der Waals surface area contributed by atoms with E-state index in [0.29, 0.717) is 42.3 Å². The van der Waals surface area contributed by atoms with Gasteiger partial charge in [-0.05, 0) is 61.7 Å². The predicted octanol–water partition coefficient (Wildman–Crippen LogP) is 3.49. The minimum Gasteiger partial charge on any atom is -0.393 e. The van der Waals surface area contributed by atoms with E-state index in [4.69, 9.17) is 18.9 Å². The summed E-state index contributed by atoms with van der Waals surface area (Å²) in [5, 5.41) is 10.4. The molecule has 1 N–H and O–H groups in total. The molecule has 0 aromatic heterocycles. The number of fused-ring (bicyclic) bond motifs is 7. The van der Waals surface area contributed by atoms with E-state index < -0.39 is 5.79 Å². The first kappa shape index (κ1) is 18.6. The summed E-state index contributed by atoms with van der Waals surface area (Å²) >= 11 is 0. The molecule has 6 aliphatic rings. The molecule has 7 atom stereocenters. The number of aliphatic hydroxyl groups excluding tert-OH is 1. The van der Waals surface area contributed by atoms with Crippen molar-refractivity contribution in [2.45, 2.75) is 82.9 Å². The summed E-state index contributed by atoms with van der Waals surface area (Å²) in [4.78, 5) is 0. The van der Waals surface area contributed by atoms with Gasteiger partial charge < -0.3 is 24.1 Å². The Morgan fingerprint density at radius 1 is 0.786 bits per heavy atom. The van der Waals surface area contributed by atoms with Crippen LogP contribution < -0.4 is 0 Å². The lowest BCUT2D eigenvalue weighted by atomic mass is 9.43. The minimum absolute atomic E-state index is 0.0460. The van der Waals surface area contributed by atoms with Crippen LogP contribution in [0.4, 0.5) is 0 Å². The van der Waals surface area contributed by atoms with Crippen molar-refractivity contribution >= 4 is 0 Å². The van der Waals surface area contributed by atoms with Gasteiger partial charge in [-0.15, -0.1) is 0 Å². The van der Waals surface area contributed by atoms with Crippen molar-refractivity contribution in [3.8, 4) is 0 Å². The van der Waals surface area contributed by atoms with Crippen molar-refractivity contribution < 1.29 is 24.1 Å². The van der Waals surface area contributed by atoms with Gasteiger partial charge >= 0.3 is 0 Å². The monoisotopic (exact) mass is 392 g/mol. The van der Waals surface area contributed by atoms with Gasteiger partial charge in [0.25, 0.3) is 0 Å². The molecule has 6 rings (SSSR count). The zero-order valence-electron chi connectivity index (χ0n) is 17.5. The fourth-order valence-corrected chi connectivity index (χ4v) is 8.84. The van der Waals surface area contributed by atoms with Crippen molar-refractivity contribution in [3.05, 3.63) is 0 Å². The second kappa shape index (κ2) is 5.94. The number of hydrogen-bond donors (Lipinski definition) is 1. The summed E-state index contributed by atoms with van der Waals surface area (Å²) < 4.78 is 25.6. The van der Waals surface area contributed by atoms with Crippen LogP contribution in [-0.4, -0.2) is 49.2 Å². The molecule has 0 amide bonds. The molecular formula is C23H36O5. The van der Waals surface area contributed by atoms with Crippen molar-refractivity contribution in [3.63, 3.8) is 0 Å². The molecule has 158 valence electrons. The van der Waals surface area contributed by atoms with E-state index in [1.807, 2.05) is 0 Å². The largest absolute Gasteiger partial charge is 0.393 e. The summed E-state index contributed by atoms with van der Waals surface area (Å²) in [5.41, 5.74) is 0.337. The van der Waals surface area contributed by atoms with Crippen LogP contribution in [0.15, 0.2) is 0 Å². The Kier molecular flexibility index (Phi) is 3.94. The van der Waals surface area contributed by atoms with Gasteiger partial charge in [-0.3, -0.25) is 0 Å². The van der Waals surface area contributed by atoms with Crippen LogP contribution in [-0.2, 0) is 18.9 Å². The molecule has 0 radical (unpaired) electrons. The van der Waals surface area contributed by atoms with E-state index in [9.17, 15) is 5.11 Å². The van der Waals surface area contributed by atoms with Crippen LogP contribution in [0, 0.1) is 34.5 Å². The molecule has 0 aromatic rings. The molecule has 5 nitrogen and oxygen atoms in total. The van der Waals surface area contributed by atoms with Gasteiger partial charge in [-0.2, -0.15) is 0 Å². The summed E-state index contributed by atoms with van der Waals surface area (Å²) in [6.45, 7) is 7.80. The fourth-order valence-electron chi connectivity index (χ4n) is 8.84. The molecule has 2 spiro atoms. The summed E-state index contributed by atoms with van der Waals surface area (Å²) in [6.07, 6.45) is 8.30. The zero-order valence-corrected chi connectivity index (χ0v) is 17.5. The Labute approximate surface area is 168 Å². The van der Waals surface area contributed by atoms with Crippen molar-refractivity contribution in [2.75, 3.05) is 26.4 Å². The first-order chi connectivity index (χ1) is 13.4. The quantitative estimate of drug-likeness (QED) is 0.684. The van der Waals surface area contributed by atoms with Crippen LogP contribution >= 0.6 is 0 Å². The highest BCUT2D eigenvalue weighted by molar-refractivity contribution is 5.16. The van der Waals surface area contributed by atoms with Crippen LogP contribution in [0.5, 0.6) is 0 Å². The maximum Gasteiger partial charge on any atom is 0.174 e. The Morgan fingerprint density at radius 3 is 2.21 bits per heavy atom. The van der Waals surface area contributed by atoms with Crippen LogP contribution in [0.2, 0.25) is 0 Å². The fraction of sp³-hybridized carbons (Fsp3) is 1.00. The molecule has 2 aliphatic heterocycles. The number of ether oxygens (including phenoxy) is 4. The zero-order chi connectivity index (χ0) is 19.2. The second-order valence-corrected chi connectivity index (χ2v) is 11.0. The van der Waals surface area contributed by atoms with Crippen molar-refractivity contribution in [1.29, 1.82) is 0 Å². The minimum atomic E-state index is -0.456. The maximum atomic E-state index is 10.4. The second-order valence-electron chi connectivity index (χ2n) is 11.0.